The van der Waals surface area contributed by atoms with Gasteiger partial charge in [0.25, 0.3) is 0 Å². The van der Waals surface area contributed by atoms with E-state index in [4.69, 9.17) is 4.74 Å². The Morgan fingerprint density at radius 2 is 1.90 bits per heavy atom. The number of aliphatic hydroxyl groups excluding tert-OH is 1. The molecular formula is C25H36N2O3+2. The molecule has 2 heterocycles. The van der Waals surface area contributed by atoms with Crippen LogP contribution in [0, 0.1) is 23.2 Å². The van der Waals surface area contributed by atoms with Crippen LogP contribution in [0.5, 0.6) is 0 Å². The molecule has 0 aromatic heterocycles. The van der Waals surface area contributed by atoms with Crippen LogP contribution in [0.1, 0.15) is 33.1 Å². The first-order chi connectivity index (χ1) is 14.5. The summed E-state index contributed by atoms with van der Waals surface area (Å²) in [6.45, 7) is 9.56. The van der Waals surface area contributed by atoms with Crippen molar-refractivity contribution in [2.45, 2.75) is 45.3 Å². The number of aliphatic hydroxyl groups is 1. The van der Waals surface area contributed by atoms with Crippen molar-refractivity contribution >= 4 is 11.7 Å². The largest absolute Gasteiger partial charge is 0.461 e. The van der Waals surface area contributed by atoms with Gasteiger partial charge in [0.2, 0.25) is 0 Å². The third-order valence-corrected chi connectivity index (χ3v) is 8.82. The maximum atomic E-state index is 12.9. The number of ether oxygens (including phenoxy) is 1. The summed E-state index contributed by atoms with van der Waals surface area (Å²) in [6.07, 6.45) is 4.67. The van der Waals surface area contributed by atoms with Crippen molar-refractivity contribution in [2.24, 2.45) is 23.2 Å². The van der Waals surface area contributed by atoms with Crippen molar-refractivity contribution in [3.8, 4) is 0 Å². The van der Waals surface area contributed by atoms with Crippen LogP contribution < -0.4 is 9.80 Å². The normalized spacial score (nSPS) is 43.4. The molecule has 1 aromatic rings. The third-order valence-electron chi connectivity index (χ3n) is 8.82. The number of para-hydroxylation sites is 1. The van der Waals surface area contributed by atoms with Crippen LogP contribution >= 0.6 is 0 Å². The lowest BCUT2D eigenvalue weighted by molar-refractivity contribution is -0.987. The molecule has 30 heavy (non-hydrogen) atoms. The first-order valence-electron chi connectivity index (χ1n) is 11.8. The second kappa shape index (κ2) is 7.77. The molecule has 5 rings (SSSR count). The van der Waals surface area contributed by atoms with Gasteiger partial charge in [-0.05, 0) is 30.9 Å². The molecule has 2 aliphatic carbocycles. The number of piperazine rings is 1. The minimum atomic E-state index is -0.495. The molecule has 4 aliphatic rings. The lowest BCUT2D eigenvalue weighted by Gasteiger charge is -2.51. The highest BCUT2D eigenvalue weighted by Crippen LogP contribution is 2.55. The van der Waals surface area contributed by atoms with E-state index >= 15 is 0 Å². The number of fused-ring (bicyclic) bond motifs is 2. The van der Waals surface area contributed by atoms with Gasteiger partial charge in [-0.2, -0.15) is 0 Å². The number of nitrogens with one attached hydrogen (secondary N) is 2. The highest BCUT2D eigenvalue weighted by molar-refractivity contribution is 5.76. The molecule has 1 aromatic carbocycles. The van der Waals surface area contributed by atoms with Crippen LogP contribution in [-0.2, 0) is 9.53 Å². The van der Waals surface area contributed by atoms with Crippen molar-refractivity contribution in [1.82, 2.24) is 0 Å². The molecule has 162 valence electrons. The van der Waals surface area contributed by atoms with Gasteiger partial charge in [-0.3, -0.25) is 9.69 Å². The van der Waals surface area contributed by atoms with Gasteiger partial charge < -0.3 is 14.7 Å². The molecule has 3 fully saturated rings. The first-order valence-corrected chi connectivity index (χ1v) is 11.8. The molecule has 6 atom stereocenters. The van der Waals surface area contributed by atoms with E-state index in [1.165, 1.54) is 21.1 Å². The zero-order valence-electron chi connectivity index (χ0n) is 18.3. The number of rotatable bonds is 3. The number of quaternary nitrogens is 2. The average Bonchev–Trinajstić information content (AvgIpc) is 3.07. The number of hydrogen-bond acceptors (Lipinski definition) is 3. The Hall–Kier alpha value is -1.69. The minimum absolute atomic E-state index is 0.0628. The first kappa shape index (κ1) is 20.2. The maximum absolute atomic E-state index is 12.9. The van der Waals surface area contributed by atoms with Crippen LogP contribution in [0.4, 0.5) is 5.69 Å². The third kappa shape index (κ3) is 3.22. The Labute approximate surface area is 179 Å². The van der Waals surface area contributed by atoms with Crippen LogP contribution in [0.2, 0.25) is 0 Å². The monoisotopic (exact) mass is 412 g/mol. The summed E-state index contributed by atoms with van der Waals surface area (Å²) in [5, 5.41) is 11.5. The molecule has 0 unspecified atom stereocenters. The number of esters is 1. The van der Waals surface area contributed by atoms with Crippen LogP contribution in [0.25, 0.3) is 0 Å². The second-order valence-corrected chi connectivity index (χ2v) is 10.2. The highest BCUT2D eigenvalue weighted by atomic mass is 16.6. The highest BCUT2D eigenvalue weighted by Gasteiger charge is 2.60. The SMILES string of the molecule is C[C@@H]1CCC=C2C[C@H]3OC(=O)[C@H](C[NH+]4CC[NH+](c5ccccc5)CC4)[C@H]3[C@H](O)[C@@]21C. The van der Waals surface area contributed by atoms with E-state index in [2.05, 4.69) is 50.3 Å². The molecule has 0 amide bonds. The maximum Gasteiger partial charge on any atom is 0.315 e. The Morgan fingerprint density at radius 1 is 1.17 bits per heavy atom. The second-order valence-electron chi connectivity index (χ2n) is 10.2. The van der Waals surface area contributed by atoms with Crippen LogP contribution in [0.15, 0.2) is 42.0 Å². The van der Waals surface area contributed by atoms with Crippen LogP contribution in [0.3, 0.4) is 0 Å². The van der Waals surface area contributed by atoms with E-state index in [-0.39, 0.29) is 29.3 Å². The Kier molecular flexibility index (Phi) is 5.24. The molecular weight excluding hydrogens is 376 g/mol. The molecule has 3 N–H and O–H groups in total. The predicted octanol–water partition coefficient (Wildman–Crippen LogP) is 0.387. The quantitative estimate of drug-likeness (QED) is 0.497. The van der Waals surface area contributed by atoms with Gasteiger partial charge in [-0.25, -0.2) is 0 Å². The summed E-state index contributed by atoms with van der Waals surface area (Å²) >= 11 is 0. The van der Waals surface area contributed by atoms with Gasteiger partial charge in [-0.1, -0.05) is 43.7 Å². The van der Waals surface area contributed by atoms with Gasteiger partial charge in [0.05, 0.1) is 12.6 Å². The Morgan fingerprint density at radius 3 is 2.63 bits per heavy atom. The summed E-state index contributed by atoms with van der Waals surface area (Å²) in [5.41, 5.74) is 2.46. The van der Waals surface area contributed by atoms with E-state index in [0.717, 1.165) is 52.0 Å². The fourth-order valence-electron chi connectivity index (χ4n) is 6.68. The summed E-state index contributed by atoms with van der Waals surface area (Å²) < 4.78 is 5.85. The molecule has 0 bridgehead atoms. The number of carbonyl (C=O) groups is 1. The molecule has 5 nitrogen and oxygen atoms in total. The molecule has 0 spiro atoms. The summed E-state index contributed by atoms with van der Waals surface area (Å²) in [4.78, 5) is 15.9. The van der Waals surface area contributed by atoms with Crippen molar-refractivity contribution in [1.29, 1.82) is 0 Å². The number of carbonyl (C=O) groups excluding carboxylic acids is 1. The van der Waals surface area contributed by atoms with Crippen molar-refractivity contribution in [3.05, 3.63) is 42.0 Å². The van der Waals surface area contributed by atoms with E-state index in [1.54, 1.807) is 0 Å². The predicted molar refractivity (Wildman–Crippen MR) is 114 cm³/mol. The topological polar surface area (TPSA) is 55.4 Å². The van der Waals surface area contributed by atoms with Crippen molar-refractivity contribution in [3.63, 3.8) is 0 Å². The van der Waals surface area contributed by atoms with Gasteiger partial charge >= 0.3 is 5.97 Å². The van der Waals surface area contributed by atoms with Crippen LogP contribution in [-0.4, -0.2) is 56.0 Å². The number of allylic oxidation sites excluding steroid dienone is 1. The lowest BCUT2D eigenvalue weighted by Crippen LogP contribution is -3.26. The number of hydrogen-bond donors (Lipinski definition) is 3. The average molecular weight is 413 g/mol. The van der Waals surface area contributed by atoms with E-state index in [1.807, 2.05) is 0 Å². The van der Waals surface area contributed by atoms with E-state index < -0.39 is 6.10 Å². The number of benzene rings is 1. The smallest absolute Gasteiger partial charge is 0.315 e. The van der Waals surface area contributed by atoms with Crippen molar-refractivity contribution < 1.29 is 24.4 Å². The Bertz CT molecular complexity index is 817. The summed E-state index contributed by atoms with van der Waals surface area (Å²) in [5.74, 6) is 0.123. The molecule has 2 aliphatic heterocycles. The van der Waals surface area contributed by atoms with Gasteiger partial charge in [0, 0.05) is 17.8 Å². The van der Waals surface area contributed by atoms with Gasteiger partial charge in [0.15, 0.2) is 0 Å². The Balaban J connectivity index is 1.28. The zero-order chi connectivity index (χ0) is 20.9. The summed E-state index contributed by atoms with van der Waals surface area (Å²) in [7, 11) is 0. The van der Waals surface area contributed by atoms with Crippen molar-refractivity contribution in [2.75, 3.05) is 32.7 Å². The molecule has 1 saturated carbocycles. The lowest BCUT2D eigenvalue weighted by atomic mass is 9.55. The molecule has 5 heteroatoms. The van der Waals surface area contributed by atoms with E-state index in [0.29, 0.717) is 5.92 Å². The fraction of sp³-hybridized carbons (Fsp3) is 0.640. The fourth-order valence-corrected chi connectivity index (χ4v) is 6.68. The van der Waals surface area contributed by atoms with E-state index in [9.17, 15) is 9.90 Å². The van der Waals surface area contributed by atoms with Gasteiger partial charge in [-0.15, -0.1) is 0 Å². The zero-order valence-corrected chi connectivity index (χ0v) is 18.3. The standard InChI is InChI=1S/C25H34N2O3/c1-17-7-6-8-18-15-21-22(23(28)25(17,18)2)20(24(29)30-21)16-26-11-13-27(14-12-26)19-9-4-3-5-10-19/h3-5,8-10,17,20-23,28H,6-7,11-16H2,1-2H3/p+2/t17-,20-,21-,22-,23+,25-/m1/s1. The minimum Gasteiger partial charge on any atom is -0.461 e. The molecule has 2 saturated heterocycles. The summed E-state index contributed by atoms with van der Waals surface area (Å²) in [6, 6.07) is 10.7. The molecule has 0 radical (unpaired) electrons. The van der Waals surface area contributed by atoms with Gasteiger partial charge in [0.1, 0.15) is 43.9 Å².